The third kappa shape index (κ3) is 4.03. The van der Waals surface area contributed by atoms with E-state index in [-0.39, 0.29) is 33.8 Å². The fraction of sp³-hybridized carbons (Fsp3) is 0.321. The molecule has 0 fully saturated rings. The first-order chi connectivity index (χ1) is 18.3. The van der Waals surface area contributed by atoms with Crippen LogP contribution in [-0.4, -0.2) is 4.98 Å². The fourth-order valence-electron chi connectivity index (χ4n) is 3.86. The Balaban J connectivity index is 2.10. The Bertz CT molecular complexity index is 1670. The SMILES string of the molecule is [2H]C([2H])([2H])c1cc(C([2H])([2H])C(C)(C)C)ccc1-c1cc(-c2c(C)ccc3oc([N+]#[C-])nc23)[n+](C)cc1C([2H])([2H])[2H]. The average molecular weight is 433 g/mol. The van der Waals surface area contributed by atoms with E-state index in [1.54, 1.807) is 44.5 Å². The second-order valence-corrected chi connectivity index (χ2v) is 8.94. The number of rotatable bonds is 3. The highest BCUT2D eigenvalue weighted by molar-refractivity contribution is 5.92. The number of nitrogens with zero attached hydrogens (tertiary/aromatic N) is 3. The van der Waals surface area contributed by atoms with Crippen LogP contribution >= 0.6 is 0 Å². The van der Waals surface area contributed by atoms with Gasteiger partial charge in [-0.15, -0.1) is 0 Å². The number of hydrogen-bond donors (Lipinski definition) is 0. The molecule has 0 aliphatic carbocycles. The molecule has 0 saturated heterocycles. The Morgan fingerprint density at radius 1 is 1.09 bits per heavy atom. The number of benzene rings is 2. The zero-order valence-corrected chi connectivity index (χ0v) is 18.8. The van der Waals surface area contributed by atoms with Crippen molar-refractivity contribution >= 4 is 17.1 Å². The summed E-state index contributed by atoms with van der Waals surface area (Å²) in [5.74, 6) is 0. The van der Waals surface area contributed by atoms with Crippen molar-refractivity contribution in [1.82, 2.24) is 4.98 Å². The maximum Gasteiger partial charge on any atom is 0.450 e. The number of aromatic nitrogens is 2. The minimum Gasteiger partial charge on any atom is -0.460 e. The summed E-state index contributed by atoms with van der Waals surface area (Å²) in [4.78, 5) is 7.61. The maximum absolute atomic E-state index is 8.68. The predicted octanol–water partition coefficient (Wildman–Crippen LogP) is 7.05. The lowest BCUT2D eigenvalue weighted by Gasteiger charge is -2.19. The second-order valence-electron chi connectivity index (χ2n) is 8.94. The molecule has 4 nitrogen and oxygen atoms in total. The first-order valence-corrected chi connectivity index (χ1v) is 10.2. The molecule has 0 saturated carbocycles. The highest BCUT2D eigenvalue weighted by atomic mass is 16.4. The number of hydrogen-bond acceptors (Lipinski definition) is 2. The van der Waals surface area contributed by atoms with E-state index in [0.29, 0.717) is 22.4 Å². The zero-order chi connectivity index (χ0) is 30.0. The third-order valence-corrected chi connectivity index (χ3v) is 5.21. The normalized spacial score (nSPS) is 16.6. The van der Waals surface area contributed by atoms with Crippen LogP contribution in [-0.2, 0) is 13.4 Å². The Morgan fingerprint density at radius 3 is 2.56 bits per heavy atom. The number of fused-ring (bicyclic) bond motifs is 1. The molecule has 4 rings (SSSR count). The Hall–Kier alpha value is -3.45. The molecule has 0 bridgehead atoms. The number of aryl methyl sites for hydroxylation is 4. The highest BCUT2D eigenvalue weighted by Crippen LogP contribution is 2.36. The van der Waals surface area contributed by atoms with Crippen molar-refractivity contribution in [2.45, 2.75) is 47.8 Å². The first kappa shape index (κ1) is 13.9. The summed E-state index contributed by atoms with van der Waals surface area (Å²) in [6.07, 6.45) is -0.398. The van der Waals surface area contributed by atoms with Crippen LogP contribution < -0.4 is 4.57 Å². The molecule has 0 unspecified atom stereocenters. The van der Waals surface area contributed by atoms with E-state index >= 15 is 0 Å². The zero-order valence-electron chi connectivity index (χ0n) is 26.8. The molecule has 162 valence electrons. The molecular weight excluding hydrogens is 394 g/mol. The quantitative estimate of drug-likeness (QED) is 0.257. The average Bonchev–Trinajstić information content (AvgIpc) is 3.25. The molecular formula is C28H30N3O+. The van der Waals surface area contributed by atoms with Gasteiger partial charge in [0.05, 0.1) is 0 Å². The van der Waals surface area contributed by atoms with Crippen molar-refractivity contribution in [2.75, 3.05) is 0 Å². The van der Waals surface area contributed by atoms with Gasteiger partial charge in [0.2, 0.25) is 11.2 Å². The van der Waals surface area contributed by atoms with Crippen molar-refractivity contribution < 1.29 is 20.0 Å². The largest absolute Gasteiger partial charge is 0.460 e. The Kier molecular flexibility index (Phi) is 3.42. The minimum absolute atomic E-state index is 0.0531. The van der Waals surface area contributed by atoms with Crippen LogP contribution in [0.1, 0.15) is 54.0 Å². The van der Waals surface area contributed by atoms with Gasteiger partial charge in [0, 0.05) is 22.6 Å². The summed E-state index contributed by atoms with van der Waals surface area (Å²) in [6.45, 7) is 9.12. The summed E-state index contributed by atoms with van der Waals surface area (Å²) in [5, 5.41) is 0. The van der Waals surface area contributed by atoms with Crippen molar-refractivity contribution in [3.63, 3.8) is 0 Å². The molecule has 2 aromatic heterocycles. The minimum atomic E-state index is -2.66. The highest BCUT2D eigenvalue weighted by Gasteiger charge is 2.24. The fourth-order valence-corrected chi connectivity index (χ4v) is 3.86. The van der Waals surface area contributed by atoms with Gasteiger partial charge < -0.3 is 9.26 Å². The van der Waals surface area contributed by atoms with Crippen LogP contribution in [0, 0.1) is 32.6 Å². The molecule has 0 radical (unpaired) electrons. The van der Waals surface area contributed by atoms with Gasteiger partial charge in [-0.25, -0.2) is 4.57 Å². The summed E-state index contributed by atoms with van der Waals surface area (Å²) < 4.78 is 74.1. The number of pyridine rings is 1. The van der Waals surface area contributed by atoms with Gasteiger partial charge >= 0.3 is 6.01 Å². The summed E-state index contributed by atoms with van der Waals surface area (Å²) >= 11 is 0. The molecule has 0 aliphatic rings. The van der Waals surface area contributed by atoms with Gasteiger partial charge in [-0.1, -0.05) is 56.6 Å². The van der Waals surface area contributed by atoms with Gasteiger partial charge in [-0.05, 0) is 66.3 Å². The molecule has 0 aliphatic heterocycles. The molecule has 2 aromatic carbocycles. The van der Waals surface area contributed by atoms with E-state index in [1.807, 2.05) is 13.0 Å². The lowest BCUT2D eigenvalue weighted by Crippen LogP contribution is -2.31. The van der Waals surface area contributed by atoms with Crippen LogP contribution in [0.2, 0.25) is 0 Å². The second kappa shape index (κ2) is 7.91. The van der Waals surface area contributed by atoms with Crippen LogP contribution in [0.3, 0.4) is 0 Å². The van der Waals surface area contributed by atoms with E-state index in [4.69, 9.17) is 22.0 Å². The van der Waals surface area contributed by atoms with Gasteiger partial charge in [0.15, 0.2) is 11.8 Å². The Labute approximate surface area is 201 Å². The molecule has 2 heterocycles. The van der Waals surface area contributed by atoms with Gasteiger partial charge in [-0.3, -0.25) is 0 Å². The van der Waals surface area contributed by atoms with Gasteiger partial charge in [0.25, 0.3) is 0 Å². The van der Waals surface area contributed by atoms with E-state index in [1.165, 1.54) is 24.4 Å². The molecule has 4 aromatic rings. The van der Waals surface area contributed by atoms with Crippen molar-refractivity contribution in [3.05, 3.63) is 76.3 Å². The molecule has 32 heavy (non-hydrogen) atoms. The molecule has 0 amide bonds. The first-order valence-electron chi connectivity index (χ1n) is 14.2. The lowest BCUT2D eigenvalue weighted by molar-refractivity contribution is -0.660. The van der Waals surface area contributed by atoms with E-state index in [9.17, 15) is 0 Å². The van der Waals surface area contributed by atoms with Crippen LogP contribution in [0.4, 0.5) is 6.01 Å². The van der Waals surface area contributed by atoms with Gasteiger partial charge in [0.1, 0.15) is 12.6 Å². The summed E-state index contributed by atoms with van der Waals surface area (Å²) in [5.41, 5.74) is 2.32. The standard InChI is InChI=1S/C28H30N3O/c1-17-9-12-24-26(30-27(29-7)32-24)25(17)23-14-22(19(3)16-31(23)8)21-11-10-20(13-18(21)2)15-28(4,5)6/h9-14,16H,15H2,1-6,8H3/q+1/i2D3,3D3,15D2. The maximum atomic E-state index is 8.68. The third-order valence-electron chi connectivity index (χ3n) is 5.21. The van der Waals surface area contributed by atoms with Crippen LogP contribution in [0.25, 0.3) is 38.3 Å². The van der Waals surface area contributed by atoms with Gasteiger partial charge in [-0.2, -0.15) is 0 Å². The van der Waals surface area contributed by atoms with E-state index < -0.39 is 25.5 Å². The molecule has 4 heteroatoms. The van der Waals surface area contributed by atoms with Crippen molar-refractivity contribution in [2.24, 2.45) is 12.5 Å². The lowest BCUT2D eigenvalue weighted by atomic mass is 9.86. The van der Waals surface area contributed by atoms with E-state index in [2.05, 4.69) is 9.83 Å². The molecule has 0 N–H and O–H groups in total. The summed E-state index contributed by atoms with van der Waals surface area (Å²) in [6, 6.07) is 9.37. The smallest absolute Gasteiger partial charge is 0.450 e. The monoisotopic (exact) mass is 432 g/mol. The van der Waals surface area contributed by atoms with Crippen LogP contribution in [0.15, 0.2) is 47.0 Å². The number of oxazole rings is 1. The topological polar surface area (TPSA) is 34.3 Å². The van der Waals surface area contributed by atoms with Crippen LogP contribution in [0.5, 0.6) is 0 Å². The van der Waals surface area contributed by atoms with Crippen molar-refractivity contribution in [3.8, 4) is 22.4 Å². The summed E-state index contributed by atoms with van der Waals surface area (Å²) in [7, 11) is 1.69. The molecule has 0 spiro atoms. The van der Waals surface area contributed by atoms with E-state index in [0.717, 1.165) is 5.56 Å². The predicted molar refractivity (Wildman–Crippen MR) is 130 cm³/mol. The molecule has 0 atom stereocenters. The van der Waals surface area contributed by atoms with Crippen molar-refractivity contribution in [1.29, 1.82) is 0 Å². The Morgan fingerprint density at radius 2 is 1.88 bits per heavy atom.